The Morgan fingerprint density at radius 3 is 1.44 bits per heavy atom. The van der Waals surface area contributed by atoms with Crippen LogP contribution in [0.2, 0.25) is 0 Å². The molecule has 2 N–H and O–H groups in total. The van der Waals surface area contributed by atoms with Crippen LogP contribution in [-0.4, -0.2) is 25.9 Å². The van der Waals surface area contributed by atoms with E-state index < -0.39 is 26.2 Å². The average Bonchev–Trinajstić information content (AvgIpc) is 1.62. The molecule has 0 radical (unpaired) electrons. The Morgan fingerprint density at radius 1 is 1.11 bits per heavy atom. The van der Waals surface area contributed by atoms with Gasteiger partial charge in [-0.1, -0.05) is 0 Å². The summed E-state index contributed by atoms with van der Waals surface area (Å²) in [4.78, 5) is 0. The van der Waals surface area contributed by atoms with E-state index in [9.17, 15) is 16.8 Å². The van der Waals surface area contributed by atoms with E-state index in [0.717, 1.165) is 0 Å². The second-order valence-corrected chi connectivity index (χ2v) is 7.14. The first-order valence-electron chi connectivity index (χ1n) is 1.37. The van der Waals surface area contributed by atoms with Crippen molar-refractivity contribution in [3.05, 3.63) is 0 Å². The van der Waals surface area contributed by atoms with Gasteiger partial charge in [0.1, 0.15) is 0 Å². The Bertz CT molecular complexity index is 393. The summed E-state index contributed by atoms with van der Waals surface area (Å²) >= 11 is 0. The fourth-order valence-corrected chi connectivity index (χ4v) is 1.95. The summed E-state index contributed by atoms with van der Waals surface area (Å²) in [6.45, 7) is 0. The molecule has 0 spiro atoms. The van der Waals surface area contributed by atoms with Crippen molar-refractivity contribution in [3.63, 3.8) is 0 Å². The van der Waals surface area contributed by atoms with E-state index in [4.69, 9.17) is 9.11 Å². The Kier molecular flexibility index (Phi) is 2.64. The van der Waals surface area contributed by atoms with Crippen molar-refractivity contribution in [1.29, 1.82) is 0 Å². The lowest BCUT2D eigenvalue weighted by Gasteiger charge is -1.76. The lowest BCUT2D eigenvalue weighted by atomic mass is 15.8. The molecule has 0 amide bonds. The maximum Gasteiger partial charge on any atom is 0.310 e. The predicted molar refractivity (Wildman–Crippen MR) is 30.5 cm³/mol. The largest absolute Gasteiger partial charge is 0.310 e. The van der Waals surface area contributed by atoms with Gasteiger partial charge in [-0.3, -0.25) is 9.11 Å². The van der Waals surface area contributed by atoms with Crippen molar-refractivity contribution >= 4 is 26.2 Å². The van der Waals surface area contributed by atoms with Crippen LogP contribution < -0.4 is 0 Å². The fourth-order valence-electron chi connectivity index (χ4n) is 0.0724. The molecular formula is H2O6S3. The molecule has 56 valence electrons. The van der Waals surface area contributed by atoms with Gasteiger partial charge in [0.25, 0.3) is 9.05 Å². The summed E-state index contributed by atoms with van der Waals surface area (Å²) in [5.74, 6) is 0. The van der Waals surface area contributed by atoms with E-state index in [-0.39, 0.29) is 0 Å². The molecule has 0 aliphatic carbocycles. The van der Waals surface area contributed by atoms with Crippen LogP contribution in [0.1, 0.15) is 0 Å². The Morgan fingerprint density at radius 2 is 1.44 bits per heavy atom. The molecule has 0 bridgehead atoms. The summed E-state index contributed by atoms with van der Waals surface area (Å²) in [5.41, 5.74) is 0. The molecule has 0 saturated heterocycles. The molecule has 0 fully saturated rings. The minimum Gasteiger partial charge on any atom is -0.283 e. The van der Waals surface area contributed by atoms with E-state index in [0.29, 0.717) is 0 Å². The van der Waals surface area contributed by atoms with Gasteiger partial charge in [-0.25, -0.2) is 0 Å². The molecule has 0 aliphatic heterocycles. The first kappa shape index (κ1) is 8.91. The lowest BCUT2D eigenvalue weighted by molar-refractivity contribution is 0.449. The van der Waals surface area contributed by atoms with E-state index in [1.807, 2.05) is 0 Å². The summed E-state index contributed by atoms with van der Waals surface area (Å²) in [6, 6.07) is 0. The quantitative estimate of drug-likeness (QED) is 0.494. The van der Waals surface area contributed by atoms with Crippen LogP contribution in [0.25, 0.3) is 0 Å². The highest BCUT2D eigenvalue weighted by Crippen LogP contribution is 1.72. The topological polar surface area (TPSA) is 109 Å². The van der Waals surface area contributed by atoms with Gasteiger partial charge in [-0.05, 0) is 0 Å². The number of rotatable bonds is 0. The van der Waals surface area contributed by atoms with Crippen LogP contribution in [0.3, 0.4) is 0 Å². The predicted octanol–water partition coefficient (Wildman–Crippen LogP) is -1.33. The highest BCUT2D eigenvalue weighted by molar-refractivity contribution is 8.52. The van der Waals surface area contributed by atoms with Crippen LogP contribution in [0, 0.1) is 0 Å². The second kappa shape index (κ2) is 2.66. The molecule has 0 unspecified atom stereocenters. The Hall–Kier alpha value is -0.0900. The zero-order valence-electron chi connectivity index (χ0n) is 3.75. The highest BCUT2D eigenvalue weighted by atomic mass is 33.1. The van der Waals surface area contributed by atoms with Crippen LogP contribution in [0.5, 0.6) is 0 Å². The van der Waals surface area contributed by atoms with Crippen molar-refractivity contribution < 1.29 is 25.9 Å². The smallest absolute Gasteiger partial charge is 0.283 e. The summed E-state index contributed by atoms with van der Waals surface area (Å²) in [5, 5.41) is 0. The summed E-state index contributed by atoms with van der Waals surface area (Å²) < 4.78 is 54.4. The van der Waals surface area contributed by atoms with Gasteiger partial charge < -0.3 is 0 Å². The van der Waals surface area contributed by atoms with E-state index in [1.165, 1.54) is 0 Å². The van der Waals surface area contributed by atoms with Crippen LogP contribution in [-0.2, 0) is 26.2 Å². The van der Waals surface area contributed by atoms with Gasteiger partial charge in [0, 0.05) is 0 Å². The van der Waals surface area contributed by atoms with Crippen molar-refractivity contribution in [2.24, 2.45) is 0 Å². The molecule has 0 rings (SSSR count). The minimum atomic E-state index is -4.69. The number of hydrogen-bond acceptors (Lipinski definition) is 4. The minimum absolute atomic E-state index is 3.13. The molecule has 0 aromatic carbocycles. The molecule has 0 aliphatic rings. The molecule has 0 aromatic rings. The fraction of sp³-hybridized carbons (Fsp3) is 0. The zero-order valence-corrected chi connectivity index (χ0v) is 6.20. The molecule has 0 saturated carbocycles. The van der Waals surface area contributed by atoms with Gasteiger partial charge in [0.05, 0.1) is 0 Å². The van der Waals surface area contributed by atoms with Gasteiger partial charge >= 0.3 is 9.26 Å². The first-order chi connectivity index (χ1) is 3.85. The van der Waals surface area contributed by atoms with Crippen LogP contribution in [0.15, 0.2) is 0 Å². The monoisotopic (exact) mass is 194 g/mol. The molecular weight excluding hydrogens is 192 g/mol. The van der Waals surface area contributed by atoms with Crippen molar-refractivity contribution in [1.82, 2.24) is 0 Å². The summed E-state index contributed by atoms with van der Waals surface area (Å²) in [6.07, 6.45) is 0. The van der Waals surface area contributed by atoms with E-state index in [1.54, 1.807) is 0 Å². The number of hydrogen-bond donors (Lipinski definition) is 2. The van der Waals surface area contributed by atoms with Gasteiger partial charge in [-0.15, -0.1) is 0 Å². The maximum atomic E-state index is 9.89. The first-order valence-corrected chi connectivity index (χ1v) is 6.10. The third kappa shape index (κ3) is 2.81. The Balaban J connectivity index is 6.69. The van der Waals surface area contributed by atoms with E-state index in [2.05, 4.69) is 0 Å². The Labute approximate surface area is 52.7 Å². The molecule has 9 heavy (non-hydrogen) atoms. The molecule has 0 aromatic heterocycles. The summed E-state index contributed by atoms with van der Waals surface area (Å²) in [7, 11) is -11.1. The average molecular weight is 194 g/mol. The van der Waals surface area contributed by atoms with E-state index >= 15 is 0 Å². The molecule has 9 heteroatoms. The second-order valence-electron chi connectivity index (χ2n) is 0.856. The van der Waals surface area contributed by atoms with Gasteiger partial charge in [0.2, 0.25) is 7.92 Å². The van der Waals surface area contributed by atoms with Gasteiger partial charge in [-0.2, -0.15) is 16.8 Å². The normalized spacial score (nSPS) is 10.9. The highest BCUT2D eigenvalue weighted by Gasteiger charge is 1.93. The standard InChI is InChI=1S/H2O6S3/c1-7(2)8(3)9(4,5)6/h(H2,4,5,6). The van der Waals surface area contributed by atoms with Crippen LogP contribution >= 0.6 is 0 Å². The molecule has 6 nitrogen and oxygen atoms in total. The lowest BCUT2D eigenvalue weighted by Crippen LogP contribution is -1.93. The van der Waals surface area contributed by atoms with Crippen molar-refractivity contribution in [2.45, 2.75) is 0 Å². The SMILES string of the molecule is O=S(=O)=S(=O)=S(=O)(O)O. The van der Waals surface area contributed by atoms with Crippen molar-refractivity contribution in [2.75, 3.05) is 0 Å². The van der Waals surface area contributed by atoms with Crippen molar-refractivity contribution in [3.8, 4) is 0 Å². The zero-order chi connectivity index (χ0) is 7.65. The maximum absolute atomic E-state index is 9.89. The third-order valence-corrected chi connectivity index (χ3v) is 5.19. The molecule has 0 heterocycles. The third-order valence-electron chi connectivity index (χ3n) is 0.288. The van der Waals surface area contributed by atoms with Gasteiger partial charge in [0.15, 0.2) is 0 Å². The van der Waals surface area contributed by atoms with Crippen LogP contribution in [0.4, 0.5) is 0 Å². The molecule has 0 atom stereocenters.